The standard InChI is InChI=1S/C20H13N5O2/c1-2-10-25-13-21-19(18(25)9-1)14-5-3-7-16(11-14)26-17-8-4-6-15(12-17)20-22-23-24-27-20/h1-13H. The fourth-order valence-corrected chi connectivity index (χ4v) is 2.95. The number of hydrogen-bond acceptors (Lipinski definition) is 6. The van der Waals surface area contributed by atoms with Crippen LogP contribution in [0.2, 0.25) is 0 Å². The van der Waals surface area contributed by atoms with E-state index in [4.69, 9.17) is 9.26 Å². The highest BCUT2D eigenvalue weighted by atomic mass is 16.5. The van der Waals surface area contributed by atoms with E-state index in [1.807, 2.05) is 77.3 Å². The van der Waals surface area contributed by atoms with Crippen molar-refractivity contribution in [2.75, 3.05) is 0 Å². The van der Waals surface area contributed by atoms with Gasteiger partial charge in [-0.15, -0.1) is 0 Å². The Bertz CT molecular complexity index is 1210. The topological polar surface area (TPSA) is 78.3 Å². The third kappa shape index (κ3) is 2.91. The van der Waals surface area contributed by atoms with Gasteiger partial charge < -0.3 is 13.7 Å². The fraction of sp³-hybridized carbons (Fsp3) is 0. The maximum Gasteiger partial charge on any atom is 0.278 e. The lowest BCUT2D eigenvalue weighted by molar-refractivity contribution is 0.403. The molecule has 7 nitrogen and oxygen atoms in total. The van der Waals surface area contributed by atoms with E-state index in [0.29, 0.717) is 17.4 Å². The van der Waals surface area contributed by atoms with Gasteiger partial charge in [0, 0.05) is 17.3 Å². The second-order valence-corrected chi connectivity index (χ2v) is 5.91. The van der Waals surface area contributed by atoms with Crippen molar-refractivity contribution in [3.05, 3.63) is 79.3 Å². The van der Waals surface area contributed by atoms with E-state index in [2.05, 4.69) is 20.6 Å². The summed E-state index contributed by atoms with van der Waals surface area (Å²) in [5.74, 6) is 1.72. The van der Waals surface area contributed by atoms with E-state index >= 15 is 0 Å². The van der Waals surface area contributed by atoms with E-state index in [-0.39, 0.29) is 0 Å². The molecule has 3 aromatic heterocycles. The summed E-state index contributed by atoms with van der Waals surface area (Å²) in [5, 5.41) is 10.7. The number of hydrogen-bond donors (Lipinski definition) is 0. The van der Waals surface area contributed by atoms with Gasteiger partial charge in [0.05, 0.1) is 22.8 Å². The second kappa shape index (κ2) is 6.38. The van der Waals surface area contributed by atoms with Crippen molar-refractivity contribution in [2.24, 2.45) is 0 Å². The van der Waals surface area contributed by atoms with Crippen LogP contribution in [0.3, 0.4) is 0 Å². The third-order valence-electron chi connectivity index (χ3n) is 4.17. The van der Waals surface area contributed by atoms with E-state index in [9.17, 15) is 0 Å². The van der Waals surface area contributed by atoms with Crippen LogP contribution in [0.25, 0.3) is 28.2 Å². The molecule has 3 heterocycles. The molecule has 0 unspecified atom stereocenters. The molecule has 0 aliphatic rings. The Morgan fingerprint density at radius 3 is 2.48 bits per heavy atom. The molecule has 0 radical (unpaired) electrons. The highest BCUT2D eigenvalue weighted by molar-refractivity contribution is 5.77. The minimum atomic E-state index is 0.346. The third-order valence-corrected chi connectivity index (χ3v) is 4.17. The Hall–Kier alpha value is -4.00. The summed E-state index contributed by atoms with van der Waals surface area (Å²) in [6.45, 7) is 0. The van der Waals surface area contributed by atoms with Gasteiger partial charge in [0.15, 0.2) is 0 Å². The molecular weight excluding hydrogens is 342 g/mol. The zero-order chi connectivity index (χ0) is 18.1. The number of aromatic nitrogens is 5. The molecule has 130 valence electrons. The van der Waals surface area contributed by atoms with Gasteiger partial charge >= 0.3 is 0 Å². The number of pyridine rings is 1. The highest BCUT2D eigenvalue weighted by Gasteiger charge is 2.09. The molecule has 0 amide bonds. The van der Waals surface area contributed by atoms with E-state index in [1.165, 1.54) is 0 Å². The summed E-state index contributed by atoms with van der Waals surface area (Å²) >= 11 is 0. The van der Waals surface area contributed by atoms with Crippen molar-refractivity contribution in [2.45, 2.75) is 0 Å². The average Bonchev–Trinajstić information content (AvgIpc) is 3.39. The molecule has 0 saturated heterocycles. The lowest BCUT2D eigenvalue weighted by Crippen LogP contribution is -1.87. The van der Waals surface area contributed by atoms with Gasteiger partial charge in [-0.05, 0) is 47.7 Å². The van der Waals surface area contributed by atoms with Crippen molar-refractivity contribution in [1.82, 2.24) is 25.0 Å². The van der Waals surface area contributed by atoms with Crippen LogP contribution in [0.1, 0.15) is 0 Å². The maximum absolute atomic E-state index is 6.02. The minimum Gasteiger partial charge on any atom is -0.457 e. The van der Waals surface area contributed by atoms with Crippen LogP contribution in [0.4, 0.5) is 0 Å². The number of imidazole rings is 1. The van der Waals surface area contributed by atoms with E-state index < -0.39 is 0 Å². The number of ether oxygens (including phenoxy) is 1. The first-order valence-electron chi connectivity index (χ1n) is 8.32. The zero-order valence-corrected chi connectivity index (χ0v) is 14.1. The first-order valence-corrected chi connectivity index (χ1v) is 8.32. The summed E-state index contributed by atoms with van der Waals surface area (Å²) in [5.41, 5.74) is 3.68. The number of nitrogens with zero attached hydrogens (tertiary/aromatic N) is 5. The van der Waals surface area contributed by atoms with E-state index in [0.717, 1.165) is 22.3 Å². The molecule has 2 aromatic carbocycles. The minimum absolute atomic E-state index is 0.346. The number of rotatable bonds is 4. The lowest BCUT2D eigenvalue weighted by Gasteiger charge is -2.08. The van der Waals surface area contributed by atoms with Crippen LogP contribution < -0.4 is 4.74 Å². The van der Waals surface area contributed by atoms with Gasteiger partial charge in [0.2, 0.25) is 0 Å². The van der Waals surface area contributed by atoms with Crippen molar-refractivity contribution in [1.29, 1.82) is 0 Å². The Morgan fingerprint density at radius 2 is 1.67 bits per heavy atom. The van der Waals surface area contributed by atoms with Crippen molar-refractivity contribution < 1.29 is 9.26 Å². The van der Waals surface area contributed by atoms with Gasteiger partial charge in [-0.25, -0.2) is 4.98 Å². The molecule has 7 heteroatoms. The first kappa shape index (κ1) is 15.3. The Labute approximate surface area is 153 Å². The van der Waals surface area contributed by atoms with Crippen LogP contribution in [-0.4, -0.2) is 25.0 Å². The van der Waals surface area contributed by atoms with Gasteiger partial charge in [0.1, 0.15) is 11.5 Å². The van der Waals surface area contributed by atoms with Gasteiger partial charge in [-0.1, -0.05) is 29.4 Å². The van der Waals surface area contributed by atoms with Gasteiger partial charge in [-0.3, -0.25) is 0 Å². The molecule has 0 N–H and O–H groups in total. The normalized spacial score (nSPS) is 11.0. The summed E-state index contributed by atoms with van der Waals surface area (Å²) in [6, 6.07) is 21.3. The summed E-state index contributed by atoms with van der Waals surface area (Å²) < 4.78 is 13.0. The first-order chi connectivity index (χ1) is 13.4. The largest absolute Gasteiger partial charge is 0.457 e. The molecular formula is C20H13N5O2. The van der Waals surface area contributed by atoms with E-state index in [1.54, 1.807) is 6.33 Å². The smallest absolute Gasteiger partial charge is 0.278 e. The van der Waals surface area contributed by atoms with Gasteiger partial charge in [0.25, 0.3) is 5.89 Å². The van der Waals surface area contributed by atoms with Gasteiger partial charge in [-0.2, -0.15) is 0 Å². The molecule has 0 aliphatic carbocycles. The SMILES string of the molecule is c1cc(Oc2cccc(-c3ncn4ccccc34)c2)cc(-c2nnno2)c1. The Kier molecular flexibility index (Phi) is 3.61. The average molecular weight is 355 g/mol. The molecule has 5 rings (SSSR count). The van der Waals surface area contributed by atoms with Crippen LogP contribution in [0.15, 0.2) is 83.8 Å². The number of benzene rings is 2. The quantitative estimate of drug-likeness (QED) is 0.480. The molecule has 0 fully saturated rings. The molecule has 0 spiro atoms. The molecule has 5 aromatic rings. The Balaban J connectivity index is 1.47. The zero-order valence-electron chi connectivity index (χ0n) is 14.1. The van der Waals surface area contributed by atoms with Crippen molar-refractivity contribution >= 4 is 5.52 Å². The molecule has 0 saturated carbocycles. The molecule has 0 atom stereocenters. The van der Waals surface area contributed by atoms with Crippen LogP contribution in [0.5, 0.6) is 11.5 Å². The van der Waals surface area contributed by atoms with Crippen molar-refractivity contribution in [3.63, 3.8) is 0 Å². The van der Waals surface area contributed by atoms with Crippen molar-refractivity contribution in [3.8, 4) is 34.2 Å². The number of fused-ring (bicyclic) bond motifs is 1. The Morgan fingerprint density at radius 1 is 0.852 bits per heavy atom. The summed E-state index contributed by atoms with van der Waals surface area (Å²) in [4.78, 5) is 4.53. The second-order valence-electron chi connectivity index (χ2n) is 5.91. The molecule has 0 aliphatic heterocycles. The highest BCUT2D eigenvalue weighted by Crippen LogP contribution is 2.30. The molecule has 27 heavy (non-hydrogen) atoms. The predicted molar refractivity (Wildman–Crippen MR) is 98.2 cm³/mol. The maximum atomic E-state index is 6.02. The predicted octanol–water partition coefficient (Wildman–Crippen LogP) is 4.24. The monoisotopic (exact) mass is 355 g/mol. The summed E-state index contributed by atoms with van der Waals surface area (Å²) in [7, 11) is 0. The van der Waals surface area contributed by atoms with Crippen LogP contribution >= 0.6 is 0 Å². The molecule has 0 bridgehead atoms. The fourth-order valence-electron chi connectivity index (χ4n) is 2.95. The van der Waals surface area contributed by atoms with Crippen LogP contribution in [0, 0.1) is 0 Å². The van der Waals surface area contributed by atoms with Crippen LogP contribution in [-0.2, 0) is 0 Å². The summed E-state index contributed by atoms with van der Waals surface area (Å²) in [6.07, 6.45) is 3.78. The lowest BCUT2D eigenvalue weighted by atomic mass is 10.1.